The van der Waals surface area contributed by atoms with E-state index in [9.17, 15) is 4.39 Å². The molecule has 1 nitrogen and oxygen atoms in total. The molecule has 0 saturated carbocycles. The van der Waals surface area contributed by atoms with Crippen molar-refractivity contribution in [1.29, 1.82) is 0 Å². The van der Waals surface area contributed by atoms with E-state index in [2.05, 4.69) is 22.5 Å². The minimum Gasteiger partial charge on any atom is -0.321 e. The molecule has 0 aromatic heterocycles. The van der Waals surface area contributed by atoms with Gasteiger partial charge in [0.25, 0.3) is 0 Å². The third-order valence-electron chi connectivity index (χ3n) is 1.59. The fraction of sp³-hybridized carbons (Fsp3) is 0.111. The fourth-order valence-electron chi connectivity index (χ4n) is 0.905. The Morgan fingerprint density at radius 2 is 2.25 bits per heavy atom. The van der Waals surface area contributed by atoms with Crippen molar-refractivity contribution >= 4 is 15.9 Å². The van der Waals surface area contributed by atoms with Gasteiger partial charge in [-0.05, 0) is 22.0 Å². The molecule has 0 bridgehead atoms. The number of hydrogen-bond donors (Lipinski definition) is 1. The van der Waals surface area contributed by atoms with Crippen LogP contribution in [0.3, 0.4) is 0 Å². The predicted octanol–water partition coefficient (Wildman–Crippen LogP) is 2.77. The molecule has 0 unspecified atom stereocenters. The summed E-state index contributed by atoms with van der Waals surface area (Å²) in [5.41, 5.74) is 6.04. The van der Waals surface area contributed by atoms with Gasteiger partial charge in [0.05, 0.1) is 10.5 Å². The molecular formula is C9H9BrFN. The van der Waals surface area contributed by atoms with Crippen LogP contribution in [0.25, 0.3) is 0 Å². The molecule has 1 aromatic carbocycles. The van der Waals surface area contributed by atoms with E-state index in [0.717, 1.165) is 0 Å². The lowest BCUT2D eigenvalue weighted by atomic mass is 10.1. The van der Waals surface area contributed by atoms with Gasteiger partial charge in [-0.3, -0.25) is 0 Å². The summed E-state index contributed by atoms with van der Waals surface area (Å²) < 4.78 is 13.7. The Balaban J connectivity index is 3.15. The second-order valence-electron chi connectivity index (χ2n) is 2.40. The van der Waals surface area contributed by atoms with Gasteiger partial charge in [-0.15, -0.1) is 6.58 Å². The van der Waals surface area contributed by atoms with Crippen molar-refractivity contribution in [2.24, 2.45) is 5.73 Å². The average molecular weight is 230 g/mol. The van der Waals surface area contributed by atoms with Crippen LogP contribution in [0, 0.1) is 5.82 Å². The lowest BCUT2D eigenvalue weighted by molar-refractivity contribution is 0.596. The number of halogens is 2. The summed E-state index contributed by atoms with van der Waals surface area (Å²) >= 11 is 3.08. The number of hydrogen-bond acceptors (Lipinski definition) is 1. The van der Waals surface area contributed by atoms with Crippen LogP contribution in [0.4, 0.5) is 4.39 Å². The maximum atomic E-state index is 13.3. The maximum Gasteiger partial charge on any atom is 0.142 e. The molecule has 1 aromatic rings. The van der Waals surface area contributed by atoms with Gasteiger partial charge in [-0.1, -0.05) is 18.2 Å². The first-order valence-corrected chi connectivity index (χ1v) is 4.28. The van der Waals surface area contributed by atoms with Crippen LogP contribution in [0.2, 0.25) is 0 Å². The van der Waals surface area contributed by atoms with Gasteiger partial charge in [-0.2, -0.15) is 0 Å². The van der Waals surface area contributed by atoms with Gasteiger partial charge in [0.1, 0.15) is 5.82 Å². The minimum absolute atomic E-state index is 0.315. The van der Waals surface area contributed by atoms with Gasteiger partial charge in [0.2, 0.25) is 0 Å². The lowest BCUT2D eigenvalue weighted by Gasteiger charge is -2.08. The highest BCUT2D eigenvalue weighted by molar-refractivity contribution is 9.10. The van der Waals surface area contributed by atoms with E-state index in [-0.39, 0.29) is 5.82 Å². The summed E-state index contributed by atoms with van der Waals surface area (Å²) in [6.45, 7) is 3.50. The topological polar surface area (TPSA) is 26.0 Å². The van der Waals surface area contributed by atoms with Crippen LogP contribution in [0.1, 0.15) is 11.6 Å². The summed E-state index contributed by atoms with van der Waals surface area (Å²) in [4.78, 5) is 0. The number of rotatable bonds is 2. The Labute approximate surface area is 79.2 Å². The van der Waals surface area contributed by atoms with Gasteiger partial charge < -0.3 is 5.73 Å². The Bertz CT molecular complexity index is 299. The number of nitrogens with two attached hydrogens (primary N) is 1. The highest BCUT2D eigenvalue weighted by atomic mass is 79.9. The van der Waals surface area contributed by atoms with Gasteiger partial charge in [-0.25, -0.2) is 4.39 Å². The molecule has 0 fully saturated rings. The van der Waals surface area contributed by atoms with Crippen LogP contribution in [-0.4, -0.2) is 0 Å². The Morgan fingerprint density at radius 3 is 2.83 bits per heavy atom. The molecule has 1 rings (SSSR count). The molecule has 0 aliphatic rings. The molecular weight excluding hydrogens is 221 g/mol. The summed E-state index contributed by atoms with van der Waals surface area (Å²) in [5.74, 6) is -0.315. The Kier molecular flexibility index (Phi) is 3.00. The molecule has 0 heterocycles. The van der Waals surface area contributed by atoms with Gasteiger partial charge in [0, 0.05) is 5.56 Å². The SMILES string of the molecule is C=C[C@H](N)c1cccc(Br)c1F. The molecule has 0 radical (unpaired) electrons. The normalized spacial score (nSPS) is 12.6. The molecule has 0 spiro atoms. The largest absolute Gasteiger partial charge is 0.321 e. The molecule has 12 heavy (non-hydrogen) atoms. The highest BCUT2D eigenvalue weighted by Gasteiger charge is 2.09. The van der Waals surface area contributed by atoms with E-state index in [0.29, 0.717) is 10.0 Å². The summed E-state index contributed by atoms with van der Waals surface area (Å²) in [6, 6.07) is 4.58. The molecule has 0 saturated heterocycles. The van der Waals surface area contributed by atoms with Crippen molar-refractivity contribution in [1.82, 2.24) is 0 Å². The summed E-state index contributed by atoms with van der Waals surface area (Å²) in [6.07, 6.45) is 1.50. The van der Waals surface area contributed by atoms with Crippen molar-refractivity contribution in [2.45, 2.75) is 6.04 Å². The third-order valence-corrected chi connectivity index (χ3v) is 2.21. The molecule has 2 N–H and O–H groups in total. The third kappa shape index (κ3) is 1.73. The highest BCUT2D eigenvalue weighted by Crippen LogP contribution is 2.22. The molecule has 0 amide bonds. The zero-order chi connectivity index (χ0) is 9.14. The predicted molar refractivity (Wildman–Crippen MR) is 51.2 cm³/mol. The van der Waals surface area contributed by atoms with Crippen molar-refractivity contribution in [3.63, 3.8) is 0 Å². The van der Waals surface area contributed by atoms with Crippen molar-refractivity contribution in [3.05, 3.63) is 46.7 Å². The maximum absolute atomic E-state index is 13.3. The Hall–Kier alpha value is -0.670. The van der Waals surface area contributed by atoms with Crippen LogP contribution in [0.15, 0.2) is 35.3 Å². The van der Waals surface area contributed by atoms with Gasteiger partial charge >= 0.3 is 0 Å². The molecule has 3 heteroatoms. The van der Waals surface area contributed by atoms with Crippen LogP contribution < -0.4 is 5.73 Å². The molecule has 0 aliphatic carbocycles. The smallest absolute Gasteiger partial charge is 0.142 e. The monoisotopic (exact) mass is 229 g/mol. The van der Waals surface area contributed by atoms with Crippen LogP contribution in [-0.2, 0) is 0 Å². The zero-order valence-corrected chi connectivity index (χ0v) is 8.01. The summed E-state index contributed by atoms with van der Waals surface area (Å²) in [5, 5.41) is 0. The lowest BCUT2D eigenvalue weighted by Crippen LogP contribution is -2.08. The molecule has 1 atom stereocenters. The van der Waals surface area contributed by atoms with E-state index < -0.39 is 6.04 Å². The standard InChI is InChI=1S/C9H9BrFN/c1-2-8(12)6-4-3-5-7(10)9(6)11/h2-5,8H,1,12H2/t8-/m0/s1. The fourth-order valence-corrected chi connectivity index (χ4v) is 1.29. The first-order chi connectivity index (χ1) is 5.66. The van der Waals surface area contributed by atoms with E-state index in [1.54, 1.807) is 18.2 Å². The Morgan fingerprint density at radius 1 is 1.58 bits per heavy atom. The average Bonchev–Trinajstić information content (AvgIpc) is 2.08. The molecule has 64 valence electrons. The van der Waals surface area contributed by atoms with Crippen molar-refractivity contribution in [3.8, 4) is 0 Å². The van der Waals surface area contributed by atoms with Crippen LogP contribution >= 0.6 is 15.9 Å². The van der Waals surface area contributed by atoms with Crippen molar-refractivity contribution < 1.29 is 4.39 Å². The molecule has 0 aliphatic heterocycles. The first kappa shape index (κ1) is 9.42. The first-order valence-electron chi connectivity index (χ1n) is 3.49. The van der Waals surface area contributed by atoms with E-state index in [4.69, 9.17) is 5.73 Å². The van der Waals surface area contributed by atoms with E-state index in [1.807, 2.05) is 0 Å². The second-order valence-corrected chi connectivity index (χ2v) is 3.26. The van der Waals surface area contributed by atoms with Crippen LogP contribution in [0.5, 0.6) is 0 Å². The van der Waals surface area contributed by atoms with Crippen molar-refractivity contribution in [2.75, 3.05) is 0 Å². The minimum atomic E-state index is -0.442. The van der Waals surface area contributed by atoms with E-state index in [1.165, 1.54) is 6.08 Å². The number of benzene rings is 1. The van der Waals surface area contributed by atoms with Gasteiger partial charge in [0.15, 0.2) is 0 Å². The zero-order valence-electron chi connectivity index (χ0n) is 6.43. The van der Waals surface area contributed by atoms with E-state index >= 15 is 0 Å². The second kappa shape index (κ2) is 3.83. The summed E-state index contributed by atoms with van der Waals surface area (Å²) in [7, 11) is 0. The quantitative estimate of drug-likeness (QED) is 0.776.